The Bertz CT molecular complexity index is 3630. The van der Waals surface area contributed by atoms with Gasteiger partial charge in [0.2, 0.25) is 0 Å². The number of aromatic nitrogens is 2. The number of benzene rings is 8. The Balaban J connectivity index is 1.04. The number of aryl methyl sites for hydroxylation is 1. The molecule has 284 valence electrons. The fourth-order valence-corrected chi connectivity index (χ4v) is 12.0. The van der Waals surface area contributed by atoms with Crippen LogP contribution in [0.1, 0.15) is 42.7 Å². The van der Waals surface area contributed by atoms with Gasteiger partial charge in [-0.25, -0.2) is 0 Å². The van der Waals surface area contributed by atoms with Crippen molar-refractivity contribution in [2.24, 2.45) is 0 Å². The third-order valence-corrected chi connectivity index (χ3v) is 14.8. The lowest BCUT2D eigenvalue weighted by molar-refractivity contribution is 0.660. The van der Waals surface area contributed by atoms with Crippen LogP contribution in [-0.2, 0) is 11.8 Å². The summed E-state index contributed by atoms with van der Waals surface area (Å²) in [6.07, 6.45) is 6.80. The molecule has 0 amide bonds. The lowest BCUT2D eigenvalue weighted by Crippen LogP contribution is -2.14. The van der Waals surface area contributed by atoms with Gasteiger partial charge in [-0.05, 0) is 124 Å². The zero-order chi connectivity index (χ0) is 39.7. The van der Waals surface area contributed by atoms with Crippen LogP contribution in [0.25, 0.3) is 104 Å². The second-order valence-corrected chi connectivity index (χ2v) is 18.2. The minimum atomic E-state index is -0.0716. The predicted octanol–water partition coefficient (Wildman–Crippen LogP) is 15.7. The Labute approximate surface area is 352 Å². The van der Waals surface area contributed by atoms with Gasteiger partial charge in [0.05, 0.1) is 16.6 Å². The van der Waals surface area contributed by atoms with Crippen LogP contribution in [0.2, 0.25) is 0 Å². The molecule has 0 fully saturated rings. The third kappa shape index (κ3) is 4.70. The average molecular weight is 785 g/mol. The average Bonchev–Trinajstić information content (AvgIpc) is 4.01. The quantitative estimate of drug-likeness (QED) is 0.168. The molecule has 0 unspecified atom stereocenters. The molecule has 60 heavy (non-hydrogen) atoms. The summed E-state index contributed by atoms with van der Waals surface area (Å²) in [5.74, 6) is 0. The van der Waals surface area contributed by atoms with Crippen molar-refractivity contribution in [1.29, 1.82) is 0 Å². The van der Waals surface area contributed by atoms with E-state index < -0.39 is 0 Å². The second kappa shape index (κ2) is 12.5. The van der Waals surface area contributed by atoms with Gasteiger partial charge in [0.25, 0.3) is 0 Å². The number of para-hydroxylation sites is 2. The number of nitrogens with zero attached hydrogens (tertiary/aromatic N) is 2. The number of hydrogen-bond donors (Lipinski definition) is 0. The fourth-order valence-electron chi connectivity index (χ4n) is 10.8. The molecule has 0 N–H and O–H groups in total. The summed E-state index contributed by atoms with van der Waals surface area (Å²) in [4.78, 5) is 0. The van der Waals surface area contributed by atoms with E-state index in [0.29, 0.717) is 0 Å². The van der Waals surface area contributed by atoms with Crippen molar-refractivity contribution in [2.45, 2.75) is 32.1 Å². The highest BCUT2D eigenvalue weighted by atomic mass is 32.1. The molecular weight excluding hydrogens is 745 g/mol. The highest BCUT2D eigenvalue weighted by Gasteiger charge is 2.35. The maximum absolute atomic E-state index is 2.55. The maximum Gasteiger partial charge on any atom is 0.0547 e. The van der Waals surface area contributed by atoms with Crippen molar-refractivity contribution in [3.63, 3.8) is 0 Å². The Morgan fingerprint density at radius 3 is 2.12 bits per heavy atom. The first kappa shape index (κ1) is 34.0. The van der Waals surface area contributed by atoms with Crippen LogP contribution < -0.4 is 0 Å². The fraction of sp³-hybridized carbons (Fsp3) is 0.0877. The van der Waals surface area contributed by atoms with E-state index in [1.54, 1.807) is 0 Å². The van der Waals surface area contributed by atoms with E-state index in [-0.39, 0.29) is 5.41 Å². The third-order valence-electron chi connectivity index (χ3n) is 13.6. The summed E-state index contributed by atoms with van der Waals surface area (Å²) >= 11 is 1.92. The number of hydrogen-bond acceptors (Lipinski definition) is 1. The number of thiophene rings is 1. The molecule has 2 nitrogen and oxygen atoms in total. The Kier molecular flexibility index (Phi) is 7.10. The minimum Gasteiger partial charge on any atom is -0.310 e. The number of rotatable bonds is 4. The Morgan fingerprint density at radius 2 is 1.20 bits per heavy atom. The molecule has 11 aromatic rings. The van der Waals surface area contributed by atoms with Gasteiger partial charge in [0.15, 0.2) is 0 Å². The molecule has 3 aromatic heterocycles. The van der Waals surface area contributed by atoms with E-state index in [9.17, 15) is 0 Å². The predicted molar refractivity (Wildman–Crippen MR) is 256 cm³/mol. The summed E-state index contributed by atoms with van der Waals surface area (Å²) in [5, 5.41) is 6.55. The lowest BCUT2D eigenvalue weighted by atomic mass is 9.81. The molecule has 0 radical (unpaired) electrons. The van der Waals surface area contributed by atoms with Gasteiger partial charge in [-0.2, -0.15) is 0 Å². The van der Waals surface area contributed by atoms with E-state index in [4.69, 9.17) is 0 Å². The van der Waals surface area contributed by atoms with E-state index in [0.717, 1.165) is 12.8 Å². The minimum absolute atomic E-state index is 0.0716. The zero-order valence-corrected chi connectivity index (χ0v) is 34.4. The van der Waals surface area contributed by atoms with Gasteiger partial charge in [0.1, 0.15) is 0 Å². The highest BCUT2D eigenvalue weighted by Crippen LogP contribution is 2.51. The number of allylic oxidation sites excluding steroid dienone is 1. The SMILES string of the molecule is CC1(C)c2ccccc2-c2ccc(-c3cc(-n4c5c(c6cc(-c7cccc8c7c7ccccc7n8-c7ccccc7)ccc64)CCC=C5)cc4c3sc3ccccc34)cc21. The van der Waals surface area contributed by atoms with Crippen molar-refractivity contribution >= 4 is 70.3 Å². The van der Waals surface area contributed by atoms with Crippen LogP contribution >= 0.6 is 11.3 Å². The van der Waals surface area contributed by atoms with Gasteiger partial charge < -0.3 is 9.13 Å². The molecule has 0 aliphatic heterocycles. The van der Waals surface area contributed by atoms with E-state index in [1.165, 1.54) is 120 Å². The van der Waals surface area contributed by atoms with Crippen LogP contribution in [0.5, 0.6) is 0 Å². The molecule has 2 aliphatic carbocycles. The topological polar surface area (TPSA) is 9.86 Å². The first-order valence-corrected chi connectivity index (χ1v) is 22.0. The van der Waals surface area contributed by atoms with E-state index in [1.807, 2.05) is 11.3 Å². The molecule has 0 saturated heterocycles. The Hall–Kier alpha value is -6.94. The molecule has 3 heteroatoms. The first-order chi connectivity index (χ1) is 29.5. The van der Waals surface area contributed by atoms with Crippen molar-refractivity contribution in [3.8, 4) is 44.8 Å². The van der Waals surface area contributed by atoms with Crippen molar-refractivity contribution in [1.82, 2.24) is 9.13 Å². The Morgan fingerprint density at radius 1 is 0.483 bits per heavy atom. The largest absolute Gasteiger partial charge is 0.310 e. The molecule has 0 atom stereocenters. The summed E-state index contributed by atoms with van der Waals surface area (Å²) < 4.78 is 7.64. The molecule has 3 heterocycles. The maximum atomic E-state index is 2.55. The number of fused-ring (bicyclic) bond motifs is 12. The van der Waals surface area contributed by atoms with Gasteiger partial charge >= 0.3 is 0 Å². The van der Waals surface area contributed by atoms with Gasteiger partial charge in [-0.3, -0.25) is 0 Å². The van der Waals surface area contributed by atoms with Crippen LogP contribution in [0.15, 0.2) is 176 Å². The summed E-state index contributed by atoms with van der Waals surface area (Å²) in [5.41, 5.74) is 19.4. The normalized spacial score (nSPS) is 14.1. The monoisotopic (exact) mass is 784 g/mol. The molecule has 0 bridgehead atoms. The molecule has 0 saturated carbocycles. The summed E-state index contributed by atoms with van der Waals surface area (Å²) in [6.45, 7) is 4.76. The second-order valence-electron chi connectivity index (χ2n) is 17.2. The van der Waals surface area contributed by atoms with Crippen LogP contribution in [0.4, 0.5) is 0 Å². The summed E-state index contributed by atoms with van der Waals surface area (Å²) in [7, 11) is 0. The molecular formula is C57H40N2S. The molecule has 2 aliphatic rings. The van der Waals surface area contributed by atoms with Crippen molar-refractivity contribution < 1.29 is 0 Å². The summed E-state index contributed by atoms with van der Waals surface area (Å²) in [6, 6.07) is 63.7. The van der Waals surface area contributed by atoms with Crippen LogP contribution in [-0.4, -0.2) is 9.13 Å². The van der Waals surface area contributed by atoms with Gasteiger partial charge in [-0.1, -0.05) is 129 Å². The molecule has 0 spiro atoms. The van der Waals surface area contributed by atoms with E-state index >= 15 is 0 Å². The van der Waals surface area contributed by atoms with Crippen molar-refractivity contribution in [2.75, 3.05) is 0 Å². The highest BCUT2D eigenvalue weighted by molar-refractivity contribution is 7.26. The first-order valence-electron chi connectivity index (χ1n) is 21.2. The van der Waals surface area contributed by atoms with E-state index in [2.05, 4.69) is 205 Å². The van der Waals surface area contributed by atoms with Gasteiger partial charge in [0, 0.05) is 64.4 Å². The smallest absolute Gasteiger partial charge is 0.0547 e. The molecule has 8 aromatic carbocycles. The zero-order valence-electron chi connectivity index (χ0n) is 33.5. The van der Waals surface area contributed by atoms with Crippen LogP contribution in [0.3, 0.4) is 0 Å². The standard InChI is InChI=1S/C57H40N2S/c1-57(2)48-22-10-6-17-40(48)41-29-27-36(32-49(41)57)45-33-38(34-47-43-19-9-13-26-54(43)60-56(45)47)59-50-23-11-7-18-42(50)46-31-35(28-30-52(46)59)39-21-14-25-53-55(39)44-20-8-12-24-51(44)58(53)37-15-4-3-5-16-37/h3-6,8-17,19-34H,7,18H2,1-2H3. The van der Waals surface area contributed by atoms with Gasteiger partial charge in [-0.15, -0.1) is 11.3 Å². The molecule has 13 rings (SSSR count). The van der Waals surface area contributed by atoms with Crippen molar-refractivity contribution in [3.05, 3.63) is 198 Å². The van der Waals surface area contributed by atoms with Crippen LogP contribution in [0, 0.1) is 0 Å². The lowest BCUT2D eigenvalue weighted by Gasteiger charge is -2.22.